The molecule has 0 amide bonds. The Balaban J connectivity index is 2.47. The fraction of sp³-hybridized carbons (Fsp3) is 1.00. The second-order valence-corrected chi connectivity index (χ2v) is 7.46. The number of piperidine rings is 1. The molecule has 2 N–H and O–H groups in total. The standard InChI is InChI=1S/C10H23NO2S/c1-10(2,3)9-5-7-11(8-6-9)14(4,12)13/h9,12-13H,5-8H2,1-4H3. The molecule has 86 valence electrons. The zero-order chi connectivity index (χ0) is 11.0. The third kappa shape index (κ3) is 3.12. The van der Waals surface area contributed by atoms with Gasteiger partial charge in [-0.2, -0.15) is 0 Å². The van der Waals surface area contributed by atoms with Crippen LogP contribution in [0, 0.1) is 11.3 Å². The number of hydrogen-bond donors (Lipinski definition) is 2. The van der Waals surface area contributed by atoms with E-state index in [0.29, 0.717) is 11.3 Å². The van der Waals surface area contributed by atoms with Gasteiger partial charge in [0.1, 0.15) is 0 Å². The van der Waals surface area contributed by atoms with E-state index in [1.807, 2.05) is 4.31 Å². The van der Waals surface area contributed by atoms with E-state index in [1.165, 1.54) is 6.26 Å². The largest absolute Gasteiger partial charge is 0.286 e. The molecule has 0 radical (unpaired) electrons. The topological polar surface area (TPSA) is 43.7 Å². The molecule has 1 heterocycles. The Morgan fingerprint density at radius 3 is 1.86 bits per heavy atom. The maximum absolute atomic E-state index is 9.50. The van der Waals surface area contributed by atoms with E-state index in [2.05, 4.69) is 20.8 Å². The van der Waals surface area contributed by atoms with Crippen molar-refractivity contribution in [1.82, 2.24) is 4.31 Å². The first-order valence-electron chi connectivity index (χ1n) is 5.19. The van der Waals surface area contributed by atoms with Crippen LogP contribution in [0.1, 0.15) is 33.6 Å². The maximum Gasteiger partial charge on any atom is 0.0418 e. The van der Waals surface area contributed by atoms with Crippen molar-refractivity contribution in [3.8, 4) is 0 Å². The highest BCUT2D eigenvalue weighted by Crippen LogP contribution is 2.44. The Bertz CT molecular complexity index is 165. The molecular formula is C10H23NO2S. The minimum absolute atomic E-state index is 0.350. The summed E-state index contributed by atoms with van der Waals surface area (Å²) in [6.07, 6.45) is 3.67. The van der Waals surface area contributed by atoms with Gasteiger partial charge in [0.25, 0.3) is 0 Å². The van der Waals surface area contributed by atoms with Crippen LogP contribution in [0.4, 0.5) is 0 Å². The highest BCUT2D eigenvalue weighted by molar-refractivity contribution is 8.21. The molecule has 14 heavy (non-hydrogen) atoms. The van der Waals surface area contributed by atoms with Gasteiger partial charge in [0.05, 0.1) is 0 Å². The summed E-state index contributed by atoms with van der Waals surface area (Å²) in [5, 5.41) is 0. The Kier molecular flexibility index (Phi) is 3.52. The second kappa shape index (κ2) is 4.00. The molecular weight excluding hydrogens is 198 g/mol. The van der Waals surface area contributed by atoms with Crippen molar-refractivity contribution >= 4 is 10.8 Å². The third-order valence-electron chi connectivity index (χ3n) is 3.17. The monoisotopic (exact) mass is 221 g/mol. The molecule has 3 nitrogen and oxygen atoms in total. The highest BCUT2D eigenvalue weighted by Gasteiger charge is 2.31. The van der Waals surface area contributed by atoms with Gasteiger partial charge in [0.15, 0.2) is 0 Å². The maximum atomic E-state index is 9.50. The van der Waals surface area contributed by atoms with Crippen LogP contribution in [-0.4, -0.2) is 32.8 Å². The molecule has 4 heteroatoms. The number of nitrogens with zero attached hydrogens (tertiary/aromatic N) is 1. The lowest BCUT2D eigenvalue weighted by molar-refractivity contribution is 0.148. The summed E-state index contributed by atoms with van der Waals surface area (Å²) in [7, 11) is -2.46. The molecule has 1 saturated heterocycles. The molecule has 0 saturated carbocycles. The van der Waals surface area contributed by atoms with Gasteiger partial charge >= 0.3 is 0 Å². The van der Waals surface area contributed by atoms with Gasteiger partial charge in [0.2, 0.25) is 0 Å². The Morgan fingerprint density at radius 2 is 1.57 bits per heavy atom. The summed E-state index contributed by atoms with van der Waals surface area (Å²) in [4.78, 5) is 0. The minimum Gasteiger partial charge on any atom is -0.286 e. The predicted octanol–water partition coefficient (Wildman–Crippen LogP) is 3.04. The highest BCUT2D eigenvalue weighted by atomic mass is 32.3. The van der Waals surface area contributed by atoms with Crippen molar-refractivity contribution in [3.05, 3.63) is 0 Å². The van der Waals surface area contributed by atoms with E-state index in [4.69, 9.17) is 0 Å². The minimum atomic E-state index is -2.46. The molecule has 0 unspecified atom stereocenters. The Morgan fingerprint density at radius 1 is 1.14 bits per heavy atom. The van der Waals surface area contributed by atoms with Crippen molar-refractivity contribution < 1.29 is 9.11 Å². The molecule has 0 aromatic heterocycles. The molecule has 1 fully saturated rings. The summed E-state index contributed by atoms with van der Waals surface area (Å²) in [5.41, 5.74) is 0.350. The molecule has 1 aliphatic heterocycles. The summed E-state index contributed by atoms with van der Waals surface area (Å²) in [5.74, 6) is 0.709. The molecule has 0 aliphatic carbocycles. The van der Waals surface area contributed by atoms with Crippen LogP contribution in [0.15, 0.2) is 0 Å². The van der Waals surface area contributed by atoms with Crippen LogP contribution >= 0.6 is 10.8 Å². The molecule has 0 aromatic carbocycles. The third-order valence-corrected chi connectivity index (χ3v) is 4.51. The smallest absolute Gasteiger partial charge is 0.0418 e. The quantitative estimate of drug-likeness (QED) is 0.715. The normalized spacial score (nSPS) is 23.9. The summed E-state index contributed by atoms with van der Waals surface area (Å²) >= 11 is 0. The second-order valence-electron chi connectivity index (χ2n) is 5.36. The number of rotatable bonds is 1. The number of hydrogen-bond acceptors (Lipinski definition) is 3. The lowest BCUT2D eigenvalue weighted by Gasteiger charge is -2.46. The van der Waals surface area contributed by atoms with Gasteiger partial charge in [-0.25, -0.2) is 4.31 Å². The van der Waals surface area contributed by atoms with Gasteiger partial charge in [-0.15, -0.1) is 10.8 Å². The first kappa shape index (κ1) is 12.3. The van der Waals surface area contributed by atoms with E-state index in [-0.39, 0.29) is 0 Å². The first-order valence-corrected chi connectivity index (χ1v) is 7.11. The van der Waals surface area contributed by atoms with Crippen LogP contribution in [0.25, 0.3) is 0 Å². The van der Waals surface area contributed by atoms with Crippen LogP contribution in [0.3, 0.4) is 0 Å². The fourth-order valence-corrected chi connectivity index (χ4v) is 2.97. The molecule has 0 aromatic rings. The van der Waals surface area contributed by atoms with Crippen LogP contribution in [-0.2, 0) is 0 Å². The van der Waals surface area contributed by atoms with Gasteiger partial charge in [-0.05, 0) is 24.2 Å². The van der Waals surface area contributed by atoms with Crippen LogP contribution < -0.4 is 0 Å². The van der Waals surface area contributed by atoms with Crippen molar-refractivity contribution in [2.75, 3.05) is 19.3 Å². The molecule has 0 spiro atoms. The van der Waals surface area contributed by atoms with Crippen molar-refractivity contribution in [1.29, 1.82) is 0 Å². The summed E-state index contributed by atoms with van der Waals surface area (Å²) in [6.45, 7) is 8.42. The summed E-state index contributed by atoms with van der Waals surface area (Å²) in [6, 6.07) is 0. The van der Waals surface area contributed by atoms with E-state index < -0.39 is 10.8 Å². The molecule has 1 aliphatic rings. The molecule has 0 atom stereocenters. The lowest BCUT2D eigenvalue weighted by Crippen LogP contribution is -2.38. The summed E-state index contributed by atoms with van der Waals surface area (Å²) < 4.78 is 20.8. The van der Waals surface area contributed by atoms with Crippen molar-refractivity contribution in [2.24, 2.45) is 11.3 Å². The van der Waals surface area contributed by atoms with Crippen LogP contribution in [0.5, 0.6) is 0 Å². The molecule has 1 rings (SSSR count). The zero-order valence-corrected chi connectivity index (χ0v) is 10.5. The van der Waals surface area contributed by atoms with E-state index in [0.717, 1.165) is 25.9 Å². The van der Waals surface area contributed by atoms with E-state index in [9.17, 15) is 9.11 Å². The van der Waals surface area contributed by atoms with Gasteiger partial charge < -0.3 is 0 Å². The van der Waals surface area contributed by atoms with Gasteiger partial charge in [-0.3, -0.25) is 9.11 Å². The van der Waals surface area contributed by atoms with Crippen molar-refractivity contribution in [3.63, 3.8) is 0 Å². The first-order chi connectivity index (χ1) is 6.21. The van der Waals surface area contributed by atoms with E-state index in [1.54, 1.807) is 0 Å². The van der Waals surface area contributed by atoms with Crippen LogP contribution in [0.2, 0.25) is 0 Å². The van der Waals surface area contributed by atoms with Crippen molar-refractivity contribution in [2.45, 2.75) is 33.6 Å². The average Bonchev–Trinajstić information content (AvgIpc) is 2.01. The van der Waals surface area contributed by atoms with Gasteiger partial charge in [0, 0.05) is 19.3 Å². The predicted molar refractivity (Wildman–Crippen MR) is 62.5 cm³/mol. The molecule has 0 bridgehead atoms. The van der Waals surface area contributed by atoms with Gasteiger partial charge in [-0.1, -0.05) is 20.8 Å². The Hall–Kier alpha value is 0.230. The van der Waals surface area contributed by atoms with E-state index >= 15 is 0 Å². The zero-order valence-electron chi connectivity index (χ0n) is 9.66. The Labute approximate surface area is 89.0 Å². The SMILES string of the molecule is CC(C)(C)C1CCN(S(C)(O)O)CC1. The fourth-order valence-electron chi connectivity index (χ4n) is 2.07. The average molecular weight is 221 g/mol. The lowest BCUT2D eigenvalue weighted by atomic mass is 9.76.